The quantitative estimate of drug-likeness (QED) is 0.310. The highest BCUT2D eigenvalue weighted by Crippen LogP contribution is 2.17. The lowest BCUT2D eigenvalue weighted by Crippen LogP contribution is -2.27. The number of hydrogen-bond acceptors (Lipinski definition) is 7. The van der Waals surface area contributed by atoms with Gasteiger partial charge in [0.15, 0.2) is 12.0 Å². The first kappa shape index (κ1) is 24.9. The SMILES string of the molecule is CCCCOc1cn(OCCCC)c(CN[C@@H](O)c2ccc(C(O)OC)cc2)cc1=O. The van der Waals surface area contributed by atoms with E-state index in [1.54, 1.807) is 30.5 Å². The number of hydrogen-bond donors (Lipinski definition) is 3. The van der Waals surface area contributed by atoms with Gasteiger partial charge in [-0.15, -0.1) is 0 Å². The van der Waals surface area contributed by atoms with Crippen LogP contribution in [0.5, 0.6) is 5.75 Å². The maximum Gasteiger partial charge on any atom is 0.223 e. The van der Waals surface area contributed by atoms with Gasteiger partial charge >= 0.3 is 0 Å². The summed E-state index contributed by atoms with van der Waals surface area (Å²) >= 11 is 0. The van der Waals surface area contributed by atoms with Crippen LogP contribution < -0.4 is 20.3 Å². The summed E-state index contributed by atoms with van der Waals surface area (Å²) in [5.41, 5.74) is 1.56. The number of rotatable bonds is 14. The molecular formula is C23H34N2O6. The van der Waals surface area contributed by atoms with Crippen molar-refractivity contribution in [1.29, 1.82) is 0 Å². The first-order chi connectivity index (χ1) is 15.0. The van der Waals surface area contributed by atoms with E-state index in [1.807, 2.05) is 0 Å². The van der Waals surface area contributed by atoms with E-state index in [2.05, 4.69) is 19.2 Å². The van der Waals surface area contributed by atoms with E-state index in [4.69, 9.17) is 14.3 Å². The molecule has 0 fully saturated rings. The van der Waals surface area contributed by atoms with Crippen molar-refractivity contribution in [1.82, 2.24) is 10.0 Å². The molecule has 0 aliphatic rings. The first-order valence-corrected chi connectivity index (χ1v) is 10.7. The molecule has 0 saturated carbocycles. The second-order valence-corrected chi connectivity index (χ2v) is 7.25. The summed E-state index contributed by atoms with van der Waals surface area (Å²) in [6, 6.07) is 8.22. The number of aromatic nitrogens is 1. The summed E-state index contributed by atoms with van der Waals surface area (Å²) in [5, 5.41) is 23.2. The van der Waals surface area contributed by atoms with Crippen molar-refractivity contribution < 1.29 is 24.5 Å². The Balaban J connectivity index is 2.10. The van der Waals surface area contributed by atoms with Gasteiger partial charge in [-0.1, -0.05) is 51.0 Å². The van der Waals surface area contributed by atoms with Gasteiger partial charge in [-0.05, 0) is 18.4 Å². The van der Waals surface area contributed by atoms with Crippen molar-refractivity contribution in [2.75, 3.05) is 20.3 Å². The molecule has 0 radical (unpaired) electrons. The fourth-order valence-electron chi connectivity index (χ4n) is 2.83. The summed E-state index contributed by atoms with van der Waals surface area (Å²) in [5.74, 6) is 0.251. The van der Waals surface area contributed by atoms with E-state index in [1.165, 1.54) is 17.9 Å². The lowest BCUT2D eigenvalue weighted by Gasteiger charge is -2.19. The minimum Gasteiger partial charge on any atom is -0.488 e. The zero-order valence-electron chi connectivity index (χ0n) is 18.5. The van der Waals surface area contributed by atoms with Crippen molar-refractivity contribution in [2.45, 2.75) is 58.6 Å². The lowest BCUT2D eigenvalue weighted by molar-refractivity contribution is -0.0769. The van der Waals surface area contributed by atoms with Gasteiger partial charge in [0.1, 0.15) is 12.8 Å². The van der Waals surface area contributed by atoms with Crippen LogP contribution in [-0.4, -0.2) is 35.3 Å². The Morgan fingerprint density at radius 3 is 2.32 bits per heavy atom. The molecule has 1 aromatic carbocycles. The second kappa shape index (κ2) is 13.1. The number of methoxy groups -OCH3 is 1. The Hall–Kier alpha value is -2.39. The minimum absolute atomic E-state index is 0.209. The maximum absolute atomic E-state index is 12.4. The number of ether oxygens (including phenoxy) is 2. The van der Waals surface area contributed by atoms with Gasteiger partial charge in [-0.2, -0.15) is 4.73 Å². The van der Waals surface area contributed by atoms with Crippen LogP contribution in [0.3, 0.4) is 0 Å². The molecule has 8 nitrogen and oxygen atoms in total. The largest absolute Gasteiger partial charge is 0.488 e. The number of nitrogens with zero attached hydrogens (tertiary/aromatic N) is 1. The zero-order valence-corrected chi connectivity index (χ0v) is 18.5. The molecule has 3 N–H and O–H groups in total. The van der Waals surface area contributed by atoms with E-state index < -0.39 is 12.5 Å². The Labute approximate surface area is 183 Å². The molecule has 31 heavy (non-hydrogen) atoms. The molecule has 0 aliphatic carbocycles. The van der Waals surface area contributed by atoms with Crippen molar-refractivity contribution in [3.63, 3.8) is 0 Å². The Morgan fingerprint density at radius 1 is 1.03 bits per heavy atom. The molecule has 0 spiro atoms. The van der Waals surface area contributed by atoms with E-state index >= 15 is 0 Å². The monoisotopic (exact) mass is 434 g/mol. The Kier molecular flexibility index (Phi) is 10.5. The normalized spacial score (nSPS) is 13.1. The molecule has 172 valence electrons. The van der Waals surface area contributed by atoms with Gasteiger partial charge in [0.2, 0.25) is 5.43 Å². The van der Waals surface area contributed by atoms with Gasteiger partial charge in [0.25, 0.3) is 0 Å². The van der Waals surface area contributed by atoms with Gasteiger partial charge in [0, 0.05) is 25.3 Å². The van der Waals surface area contributed by atoms with Crippen LogP contribution in [0.15, 0.2) is 41.3 Å². The van der Waals surface area contributed by atoms with Crippen molar-refractivity contribution in [3.8, 4) is 5.75 Å². The molecule has 2 atom stereocenters. The number of aliphatic hydroxyl groups is 2. The molecule has 1 heterocycles. The van der Waals surface area contributed by atoms with Gasteiger partial charge in [-0.25, -0.2) is 0 Å². The molecule has 8 heteroatoms. The molecule has 0 saturated heterocycles. The third-order valence-electron chi connectivity index (χ3n) is 4.78. The van der Waals surface area contributed by atoms with Crippen LogP contribution in [0.2, 0.25) is 0 Å². The number of nitrogens with one attached hydrogen (secondary N) is 1. The third-order valence-corrected chi connectivity index (χ3v) is 4.78. The average molecular weight is 435 g/mol. The predicted molar refractivity (Wildman–Crippen MR) is 118 cm³/mol. The minimum atomic E-state index is -1.01. The van der Waals surface area contributed by atoms with Gasteiger partial charge in [-0.3, -0.25) is 10.1 Å². The smallest absolute Gasteiger partial charge is 0.223 e. The van der Waals surface area contributed by atoms with E-state index in [0.29, 0.717) is 30.0 Å². The summed E-state index contributed by atoms with van der Waals surface area (Å²) in [4.78, 5) is 18.2. The van der Waals surface area contributed by atoms with E-state index in [9.17, 15) is 15.0 Å². The molecular weight excluding hydrogens is 400 g/mol. The summed E-state index contributed by atoms with van der Waals surface area (Å²) in [6.45, 7) is 5.32. The molecule has 2 aromatic rings. The molecule has 0 aliphatic heterocycles. The highest BCUT2D eigenvalue weighted by molar-refractivity contribution is 5.25. The van der Waals surface area contributed by atoms with E-state index in [0.717, 1.165) is 25.7 Å². The summed E-state index contributed by atoms with van der Waals surface area (Å²) in [6.07, 6.45) is 3.31. The van der Waals surface area contributed by atoms with Crippen LogP contribution in [0.4, 0.5) is 0 Å². The highest BCUT2D eigenvalue weighted by atomic mass is 16.7. The van der Waals surface area contributed by atoms with Crippen LogP contribution in [-0.2, 0) is 11.3 Å². The van der Waals surface area contributed by atoms with Crippen molar-refractivity contribution in [2.24, 2.45) is 0 Å². The number of benzene rings is 1. The van der Waals surface area contributed by atoms with Crippen LogP contribution in [0.25, 0.3) is 0 Å². The maximum atomic E-state index is 12.4. The topological polar surface area (TPSA) is 102 Å². The van der Waals surface area contributed by atoms with Crippen LogP contribution in [0, 0.1) is 0 Å². The third kappa shape index (κ3) is 7.66. The molecule has 1 aromatic heterocycles. The fourth-order valence-corrected chi connectivity index (χ4v) is 2.83. The molecule has 0 amide bonds. The van der Waals surface area contributed by atoms with E-state index in [-0.39, 0.29) is 17.7 Å². The van der Waals surface area contributed by atoms with Gasteiger partial charge in [0.05, 0.1) is 18.5 Å². The zero-order chi connectivity index (χ0) is 22.6. The van der Waals surface area contributed by atoms with Gasteiger partial charge < -0.3 is 24.5 Å². The van der Waals surface area contributed by atoms with Crippen molar-refractivity contribution >= 4 is 0 Å². The highest BCUT2D eigenvalue weighted by Gasteiger charge is 2.13. The van der Waals surface area contributed by atoms with Crippen molar-refractivity contribution in [3.05, 3.63) is 63.6 Å². The Morgan fingerprint density at radius 2 is 1.68 bits per heavy atom. The lowest BCUT2D eigenvalue weighted by atomic mass is 10.1. The number of pyridine rings is 1. The number of unbranched alkanes of at least 4 members (excludes halogenated alkanes) is 2. The molecule has 2 rings (SSSR count). The molecule has 1 unspecified atom stereocenters. The predicted octanol–water partition coefficient (Wildman–Crippen LogP) is 2.67. The second-order valence-electron chi connectivity index (χ2n) is 7.25. The fraction of sp³-hybridized carbons (Fsp3) is 0.522. The van der Waals surface area contributed by atoms with Crippen LogP contribution in [0.1, 0.15) is 68.9 Å². The summed E-state index contributed by atoms with van der Waals surface area (Å²) < 4.78 is 12.0. The Bertz CT molecular complexity index is 837. The van der Waals surface area contributed by atoms with Crippen LogP contribution >= 0.6 is 0 Å². The number of aliphatic hydroxyl groups excluding tert-OH is 2. The standard InChI is InChI=1S/C23H34N2O6/c1-4-6-12-30-21-16-25(31-13-7-5-2)19(14-20(21)26)15-24-22(27)17-8-10-18(11-9-17)23(28)29-3/h8-11,14,16,22-24,27-28H,4-7,12-13,15H2,1-3H3/t22-,23?/m0/s1. The summed E-state index contributed by atoms with van der Waals surface area (Å²) in [7, 11) is 1.41. The first-order valence-electron chi connectivity index (χ1n) is 10.7. The molecule has 0 bridgehead atoms. The average Bonchev–Trinajstić information content (AvgIpc) is 2.79.